The number of hydrogen-bond acceptors (Lipinski definition) is 7. The van der Waals surface area contributed by atoms with Crippen LogP contribution in [-0.2, 0) is 38.5 Å². The molecule has 194 valence electrons. The number of hydrogen-bond donors (Lipinski definition) is 2. The quantitative estimate of drug-likeness (QED) is 0.455. The third-order valence-electron chi connectivity index (χ3n) is 6.36. The zero-order valence-electron chi connectivity index (χ0n) is 21.2. The third kappa shape index (κ3) is 6.34. The lowest BCUT2D eigenvalue weighted by molar-refractivity contribution is -0.153. The van der Waals surface area contributed by atoms with Gasteiger partial charge in [0.2, 0.25) is 5.91 Å². The van der Waals surface area contributed by atoms with Crippen LogP contribution in [0.1, 0.15) is 37.0 Å². The number of carboxylic acids is 1. The van der Waals surface area contributed by atoms with Crippen LogP contribution in [0.25, 0.3) is 0 Å². The second kappa shape index (κ2) is 12.4. The Bertz CT molecular complexity index is 1070. The smallest absolute Gasteiger partial charge is 0.326 e. The molecular weight excluding hydrogens is 464 g/mol. The molecule has 3 atom stereocenters. The molecule has 0 saturated carbocycles. The van der Waals surface area contributed by atoms with Gasteiger partial charge in [-0.2, -0.15) is 0 Å². The van der Waals surface area contributed by atoms with E-state index in [1.807, 2.05) is 30.3 Å². The van der Waals surface area contributed by atoms with Crippen molar-refractivity contribution in [2.24, 2.45) is 0 Å². The minimum Gasteiger partial charge on any atom is -0.493 e. The van der Waals surface area contributed by atoms with Gasteiger partial charge in [0.05, 0.1) is 26.9 Å². The molecule has 1 aliphatic rings. The Hall–Kier alpha value is -3.59. The average Bonchev–Trinajstić information content (AvgIpc) is 2.89. The lowest BCUT2D eigenvalue weighted by atomic mass is 9.92. The summed E-state index contributed by atoms with van der Waals surface area (Å²) in [6, 6.07) is 10.7. The number of carbonyl (C=O) groups excluding carboxylic acids is 2. The van der Waals surface area contributed by atoms with Crippen LogP contribution in [0.15, 0.2) is 42.5 Å². The Morgan fingerprint density at radius 2 is 1.72 bits per heavy atom. The second-order valence-electron chi connectivity index (χ2n) is 8.72. The molecule has 9 nitrogen and oxygen atoms in total. The highest BCUT2D eigenvalue weighted by molar-refractivity contribution is 5.88. The largest absolute Gasteiger partial charge is 0.493 e. The van der Waals surface area contributed by atoms with E-state index in [-0.39, 0.29) is 19.6 Å². The third-order valence-corrected chi connectivity index (χ3v) is 6.36. The van der Waals surface area contributed by atoms with Gasteiger partial charge in [-0.15, -0.1) is 0 Å². The first kappa shape index (κ1) is 27.0. The lowest BCUT2D eigenvalue weighted by Gasteiger charge is -2.37. The number of methoxy groups -OCH3 is 2. The minimum atomic E-state index is -1.10. The second-order valence-corrected chi connectivity index (χ2v) is 8.72. The van der Waals surface area contributed by atoms with Crippen LogP contribution >= 0.6 is 0 Å². The van der Waals surface area contributed by atoms with Crippen molar-refractivity contribution in [3.8, 4) is 11.5 Å². The number of carboxylic acid groups (broad SMARTS) is 1. The van der Waals surface area contributed by atoms with Crippen molar-refractivity contribution >= 4 is 17.8 Å². The minimum absolute atomic E-state index is 0.103. The number of fused-ring (bicyclic) bond motifs is 1. The molecule has 3 rings (SSSR count). The van der Waals surface area contributed by atoms with Crippen LogP contribution in [0.5, 0.6) is 11.5 Å². The monoisotopic (exact) mass is 498 g/mol. The molecule has 1 aliphatic heterocycles. The molecule has 2 aromatic rings. The van der Waals surface area contributed by atoms with E-state index < -0.39 is 36.0 Å². The van der Waals surface area contributed by atoms with E-state index >= 15 is 0 Å². The van der Waals surface area contributed by atoms with Crippen LogP contribution in [-0.4, -0.2) is 66.8 Å². The Labute approximate surface area is 211 Å². The molecule has 0 saturated heterocycles. The molecule has 0 aliphatic carbocycles. The Balaban J connectivity index is 1.79. The maximum absolute atomic E-state index is 13.5. The highest BCUT2D eigenvalue weighted by Gasteiger charge is 2.38. The van der Waals surface area contributed by atoms with Gasteiger partial charge >= 0.3 is 11.9 Å². The first-order valence-corrected chi connectivity index (χ1v) is 12.0. The molecule has 1 amide bonds. The van der Waals surface area contributed by atoms with E-state index in [4.69, 9.17) is 14.2 Å². The van der Waals surface area contributed by atoms with Crippen molar-refractivity contribution in [1.29, 1.82) is 0 Å². The molecule has 2 N–H and O–H groups in total. The van der Waals surface area contributed by atoms with Gasteiger partial charge in [0.25, 0.3) is 0 Å². The van der Waals surface area contributed by atoms with Crippen molar-refractivity contribution in [3.63, 3.8) is 0 Å². The van der Waals surface area contributed by atoms with Crippen molar-refractivity contribution in [1.82, 2.24) is 10.2 Å². The van der Waals surface area contributed by atoms with Crippen molar-refractivity contribution < 1.29 is 33.7 Å². The van der Waals surface area contributed by atoms with Crippen molar-refractivity contribution in [2.75, 3.05) is 20.8 Å². The zero-order valence-corrected chi connectivity index (χ0v) is 21.2. The van der Waals surface area contributed by atoms with Gasteiger partial charge in [0.1, 0.15) is 12.1 Å². The molecular formula is C27H34N2O7. The van der Waals surface area contributed by atoms with E-state index in [0.717, 1.165) is 16.7 Å². The number of esters is 1. The molecule has 0 unspecified atom stereocenters. The maximum atomic E-state index is 13.5. The Morgan fingerprint density at radius 3 is 2.31 bits per heavy atom. The summed E-state index contributed by atoms with van der Waals surface area (Å²) >= 11 is 0. The molecule has 0 spiro atoms. The Morgan fingerprint density at radius 1 is 1.08 bits per heavy atom. The van der Waals surface area contributed by atoms with Gasteiger partial charge in [-0.1, -0.05) is 30.3 Å². The molecule has 0 aromatic heterocycles. The van der Waals surface area contributed by atoms with E-state index in [1.165, 1.54) is 19.1 Å². The molecule has 0 bridgehead atoms. The molecule has 9 heteroatoms. The summed E-state index contributed by atoms with van der Waals surface area (Å²) in [5.41, 5.74) is 2.64. The van der Waals surface area contributed by atoms with Gasteiger partial charge in [-0.25, -0.2) is 4.79 Å². The predicted octanol–water partition coefficient (Wildman–Crippen LogP) is 2.58. The van der Waals surface area contributed by atoms with Crippen LogP contribution < -0.4 is 14.8 Å². The number of benzene rings is 2. The number of aryl methyl sites for hydroxylation is 1. The summed E-state index contributed by atoms with van der Waals surface area (Å²) in [6.45, 7) is 3.69. The van der Waals surface area contributed by atoms with Crippen LogP contribution in [0, 0.1) is 0 Å². The number of nitrogens with zero attached hydrogens (tertiary/aromatic N) is 1. The van der Waals surface area contributed by atoms with Gasteiger partial charge in [0.15, 0.2) is 11.5 Å². The number of carbonyl (C=O) groups is 3. The number of amides is 1. The summed E-state index contributed by atoms with van der Waals surface area (Å²) in [6.07, 6.45) is 1.19. The molecule has 0 fully saturated rings. The van der Waals surface area contributed by atoms with E-state index in [1.54, 1.807) is 26.0 Å². The van der Waals surface area contributed by atoms with E-state index in [0.29, 0.717) is 24.3 Å². The van der Waals surface area contributed by atoms with E-state index in [9.17, 15) is 19.5 Å². The standard InChI is InChI=1S/C27H34N2O7/c1-5-36-27(33)21(12-11-18-9-7-6-8-10-18)28-17(2)25(30)29-16-20-15-24(35-4)23(34-3)14-19(20)13-22(29)26(31)32/h6-10,14-15,17,21-22,28H,5,11-13,16H2,1-4H3,(H,31,32)/t17-,21+,22+/m1/s1. The van der Waals surface area contributed by atoms with Gasteiger partial charge in [-0.05, 0) is 55.5 Å². The number of nitrogens with one attached hydrogen (secondary N) is 1. The highest BCUT2D eigenvalue weighted by Crippen LogP contribution is 2.35. The number of aliphatic carboxylic acids is 1. The predicted molar refractivity (Wildman–Crippen MR) is 133 cm³/mol. The fourth-order valence-corrected chi connectivity index (χ4v) is 4.45. The maximum Gasteiger partial charge on any atom is 0.326 e. The van der Waals surface area contributed by atoms with Crippen molar-refractivity contribution in [2.45, 2.75) is 57.8 Å². The average molecular weight is 499 g/mol. The summed E-state index contributed by atoms with van der Waals surface area (Å²) in [4.78, 5) is 39.6. The van der Waals surface area contributed by atoms with Gasteiger partial charge in [0, 0.05) is 13.0 Å². The van der Waals surface area contributed by atoms with Gasteiger partial charge < -0.3 is 24.2 Å². The number of ether oxygens (including phenoxy) is 3. The Kier molecular flexibility index (Phi) is 9.30. The number of rotatable bonds is 11. The molecule has 36 heavy (non-hydrogen) atoms. The fourth-order valence-electron chi connectivity index (χ4n) is 4.45. The molecule has 0 radical (unpaired) electrons. The lowest BCUT2D eigenvalue weighted by Crippen LogP contribution is -2.56. The highest BCUT2D eigenvalue weighted by atomic mass is 16.5. The molecule has 2 aromatic carbocycles. The normalized spacial score (nSPS) is 16.4. The molecule has 1 heterocycles. The summed E-state index contributed by atoms with van der Waals surface area (Å²) in [5, 5.41) is 13.0. The van der Waals surface area contributed by atoms with Crippen molar-refractivity contribution in [3.05, 3.63) is 59.2 Å². The first-order chi connectivity index (χ1) is 17.3. The SMILES string of the molecule is CCOC(=O)[C@H](CCc1ccccc1)N[C@H](C)C(=O)N1Cc2cc(OC)c(OC)cc2C[C@H]1C(=O)O. The van der Waals surface area contributed by atoms with E-state index in [2.05, 4.69) is 5.32 Å². The topological polar surface area (TPSA) is 114 Å². The van der Waals surface area contributed by atoms with Crippen LogP contribution in [0.2, 0.25) is 0 Å². The zero-order chi connectivity index (χ0) is 26.2. The summed E-state index contributed by atoms with van der Waals surface area (Å²) in [7, 11) is 3.04. The van der Waals surface area contributed by atoms with Gasteiger partial charge in [-0.3, -0.25) is 14.9 Å². The fraction of sp³-hybridized carbons (Fsp3) is 0.444. The summed E-state index contributed by atoms with van der Waals surface area (Å²) < 4.78 is 15.9. The van der Waals surface area contributed by atoms with Crippen LogP contribution in [0.3, 0.4) is 0 Å². The van der Waals surface area contributed by atoms with Crippen LogP contribution in [0.4, 0.5) is 0 Å². The first-order valence-electron chi connectivity index (χ1n) is 12.0. The summed E-state index contributed by atoms with van der Waals surface area (Å²) in [5.74, 6) is -0.930.